The van der Waals surface area contributed by atoms with Gasteiger partial charge in [-0.15, -0.1) is 11.3 Å². The maximum atomic E-state index is 14.1. The van der Waals surface area contributed by atoms with Crippen molar-refractivity contribution in [1.29, 1.82) is 0 Å². The van der Waals surface area contributed by atoms with Crippen LogP contribution in [-0.2, 0) is 6.54 Å². The molecule has 136 valence electrons. The molecule has 2 aromatic heterocycles. The minimum atomic E-state index is -0.526. The van der Waals surface area contributed by atoms with Crippen molar-refractivity contribution in [3.8, 4) is 11.4 Å². The van der Waals surface area contributed by atoms with Crippen LogP contribution in [0.25, 0.3) is 15.9 Å². The molecule has 0 bridgehead atoms. The van der Waals surface area contributed by atoms with E-state index < -0.39 is 17.1 Å². The van der Waals surface area contributed by atoms with Gasteiger partial charge < -0.3 is 4.74 Å². The first-order valence-electron chi connectivity index (χ1n) is 8.21. The summed E-state index contributed by atoms with van der Waals surface area (Å²) in [4.78, 5) is 26.1. The summed E-state index contributed by atoms with van der Waals surface area (Å²) in [5.41, 5.74) is 0.354. The maximum Gasteiger partial charge on any atom is 0.336 e. The van der Waals surface area contributed by atoms with Gasteiger partial charge in [0.2, 0.25) is 0 Å². The van der Waals surface area contributed by atoms with Crippen LogP contribution < -0.4 is 16.0 Å². The molecule has 0 fully saturated rings. The molecule has 0 saturated heterocycles. The summed E-state index contributed by atoms with van der Waals surface area (Å²) in [6, 6.07) is 14.7. The van der Waals surface area contributed by atoms with Gasteiger partial charge in [0.1, 0.15) is 16.3 Å². The number of aromatic nitrogens is 2. The van der Waals surface area contributed by atoms with Crippen LogP contribution in [0.1, 0.15) is 5.56 Å². The average molecular weight is 382 g/mol. The van der Waals surface area contributed by atoms with Crippen LogP contribution in [0.3, 0.4) is 0 Å². The molecule has 0 amide bonds. The first-order chi connectivity index (χ1) is 13.1. The number of halogens is 1. The van der Waals surface area contributed by atoms with Gasteiger partial charge in [-0.1, -0.05) is 24.3 Å². The zero-order valence-corrected chi connectivity index (χ0v) is 15.2. The van der Waals surface area contributed by atoms with Gasteiger partial charge in [-0.25, -0.2) is 13.8 Å². The summed E-state index contributed by atoms with van der Waals surface area (Å²) in [6.45, 7) is 0.0307. The van der Waals surface area contributed by atoms with Gasteiger partial charge in [0.25, 0.3) is 5.56 Å². The molecule has 5 nitrogen and oxygen atoms in total. The van der Waals surface area contributed by atoms with E-state index >= 15 is 0 Å². The van der Waals surface area contributed by atoms with Crippen molar-refractivity contribution in [2.75, 3.05) is 7.11 Å². The van der Waals surface area contributed by atoms with Crippen LogP contribution in [0.5, 0.6) is 5.75 Å². The Kier molecular flexibility index (Phi) is 4.37. The number of fused-ring (bicyclic) bond motifs is 1. The molecule has 2 aromatic carbocycles. The molecular formula is C20H15FN2O3S. The zero-order valence-electron chi connectivity index (χ0n) is 14.4. The molecule has 4 rings (SSSR count). The number of benzene rings is 2. The van der Waals surface area contributed by atoms with E-state index in [0.29, 0.717) is 27.2 Å². The lowest BCUT2D eigenvalue weighted by Crippen LogP contribution is -2.38. The van der Waals surface area contributed by atoms with Crippen LogP contribution in [-0.4, -0.2) is 16.2 Å². The lowest BCUT2D eigenvalue weighted by molar-refractivity contribution is 0.414. The Morgan fingerprint density at radius 3 is 2.67 bits per heavy atom. The standard InChI is InChI=1S/C20H15FN2O3S/c1-26-15-7-4-6-14(11-15)23-19(24)18-17(9-10-27-18)22(20(23)25)12-13-5-2-3-8-16(13)21/h2-11H,12H2,1H3. The van der Waals surface area contributed by atoms with Gasteiger partial charge in [0.05, 0.1) is 24.9 Å². The first kappa shape index (κ1) is 17.2. The Labute approximate surface area is 157 Å². The van der Waals surface area contributed by atoms with Crippen molar-refractivity contribution in [3.05, 3.63) is 92.2 Å². The molecule has 7 heteroatoms. The summed E-state index contributed by atoms with van der Waals surface area (Å²) in [5, 5.41) is 1.75. The number of hydrogen-bond donors (Lipinski definition) is 0. The molecule has 0 saturated carbocycles. The number of rotatable bonds is 4. The summed E-state index contributed by atoms with van der Waals surface area (Å²) in [5.74, 6) is 0.137. The molecule has 0 aliphatic carbocycles. The molecular weight excluding hydrogens is 367 g/mol. The molecule has 0 spiro atoms. The van der Waals surface area contributed by atoms with Crippen molar-refractivity contribution in [2.24, 2.45) is 0 Å². The summed E-state index contributed by atoms with van der Waals surface area (Å²) in [7, 11) is 1.51. The van der Waals surface area contributed by atoms with Crippen LogP contribution in [0.15, 0.2) is 69.6 Å². The predicted octanol–water partition coefficient (Wildman–Crippen LogP) is 3.41. The topological polar surface area (TPSA) is 53.2 Å². The smallest absolute Gasteiger partial charge is 0.336 e. The van der Waals surface area contributed by atoms with Gasteiger partial charge in [0, 0.05) is 11.6 Å². The molecule has 0 atom stereocenters. The minimum Gasteiger partial charge on any atom is -0.497 e. The number of nitrogens with zero attached hydrogens (tertiary/aromatic N) is 2. The minimum absolute atomic E-state index is 0.0307. The Morgan fingerprint density at radius 2 is 1.89 bits per heavy atom. The predicted molar refractivity (Wildman–Crippen MR) is 104 cm³/mol. The lowest BCUT2D eigenvalue weighted by atomic mass is 10.2. The fraction of sp³-hybridized carbons (Fsp3) is 0.100. The van der Waals surface area contributed by atoms with Crippen LogP contribution in [0, 0.1) is 5.82 Å². The van der Waals surface area contributed by atoms with E-state index in [2.05, 4.69) is 0 Å². The second-order valence-corrected chi connectivity index (χ2v) is 6.85. The molecule has 0 N–H and O–H groups in total. The number of hydrogen-bond acceptors (Lipinski definition) is 4. The molecule has 27 heavy (non-hydrogen) atoms. The van der Waals surface area contributed by atoms with Crippen molar-refractivity contribution in [3.63, 3.8) is 0 Å². The largest absolute Gasteiger partial charge is 0.497 e. The van der Waals surface area contributed by atoms with Crippen molar-refractivity contribution < 1.29 is 9.13 Å². The lowest BCUT2D eigenvalue weighted by Gasteiger charge is -2.13. The summed E-state index contributed by atoms with van der Waals surface area (Å²) >= 11 is 1.25. The van der Waals surface area contributed by atoms with Gasteiger partial charge in [-0.3, -0.25) is 9.36 Å². The maximum absolute atomic E-state index is 14.1. The van der Waals surface area contributed by atoms with Crippen molar-refractivity contribution in [1.82, 2.24) is 9.13 Å². The Bertz CT molecular complexity index is 1260. The normalized spacial score (nSPS) is 11.0. The number of thiophene rings is 1. The fourth-order valence-electron chi connectivity index (χ4n) is 3.01. The fourth-order valence-corrected chi connectivity index (χ4v) is 3.84. The Hall–Kier alpha value is -3.19. The third kappa shape index (κ3) is 2.96. The quantitative estimate of drug-likeness (QED) is 0.544. The second kappa shape index (κ2) is 6.85. The van der Waals surface area contributed by atoms with Crippen LogP contribution >= 0.6 is 11.3 Å². The van der Waals surface area contributed by atoms with E-state index in [0.717, 1.165) is 4.57 Å². The van der Waals surface area contributed by atoms with Gasteiger partial charge >= 0.3 is 5.69 Å². The van der Waals surface area contributed by atoms with Crippen molar-refractivity contribution in [2.45, 2.75) is 6.54 Å². The molecule has 0 radical (unpaired) electrons. The zero-order chi connectivity index (χ0) is 19.0. The second-order valence-electron chi connectivity index (χ2n) is 5.94. The van der Waals surface area contributed by atoms with E-state index in [1.807, 2.05) is 0 Å². The van der Waals surface area contributed by atoms with E-state index in [1.54, 1.807) is 53.9 Å². The highest BCUT2D eigenvalue weighted by atomic mass is 32.1. The number of methoxy groups -OCH3 is 1. The highest BCUT2D eigenvalue weighted by Crippen LogP contribution is 2.19. The highest BCUT2D eigenvalue weighted by Gasteiger charge is 2.17. The summed E-state index contributed by atoms with van der Waals surface area (Å²) < 4.78 is 22.3. The highest BCUT2D eigenvalue weighted by molar-refractivity contribution is 7.17. The third-order valence-electron chi connectivity index (χ3n) is 4.35. The van der Waals surface area contributed by atoms with E-state index in [9.17, 15) is 14.0 Å². The van der Waals surface area contributed by atoms with Crippen LogP contribution in [0.2, 0.25) is 0 Å². The average Bonchev–Trinajstić information content (AvgIpc) is 3.17. The molecule has 4 aromatic rings. The molecule has 0 unspecified atom stereocenters. The third-order valence-corrected chi connectivity index (χ3v) is 5.24. The SMILES string of the molecule is COc1cccc(-n2c(=O)c3sccc3n(Cc3ccccc3F)c2=O)c1. The van der Waals surface area contributed by atoms with E-state index in [1.165, 1.54) is 29.1 Å². The van der Waals surface area contributed by atoms with E-state index in [-0.39, 0.29) is 6.54 Å². The Balaban J connectivity index is 2.00. The van der Waals surface area contributed by atoms with Gasteiger partial charge in [0.15, 0.2) is 0 Å². The number of ether oxygens (including phenoxy) is 1. The Morgan fingerprint density at radius 1 is 1.07 bits per heavy atom. The summed E-state index contributed by atoms with van der Waals surface area (Å²) in [6.07, 6.45) is 0. The molecule has 2 heterocycles. The monoisotopic (exact) mass is 382 g/mol. The van der Waals surface area contributed by atoms with Gasteiger partial charge in [-0.05, 0) is 29.6 Å². The van der Waals surface area contributed by atoms with Gasteiger partial charge in [-0.2, -0.15) is 0 Å². The first-order valence-corrected chi connectivity index (χ1v) is 9.09. The van der Waals surface area contributed by atoms with E-state index in [4.69, 9.17) is 4.74 Å². The molecule has 0 aliphatic rings. The van der Waals surface area contributed by atoms with Crippen molar-refractivity contribution >= 4 is 21.6 Å². The molecule has 0 aliphatic heterocycles. The van der Waals surface area contributed by atoms with Crippen LogP contribution in [0.4, 0.5) is 4.39 Å².